The molecule has 136 valence electrons. The minimum atomic E-state index is -0.284. The number of fused-ring (bicyclic) bond motifs is 1. The van der Waals surface area contributed by atoms with E-state index < -0.39 is 0 Å². The molecule has 0 aliphatic heterocycles. The SMILES string of the molecule is CCn1c(SCC(=O)c2ccc3[nH]c(=O)[nH]c3c2)nnc1-c1ccccc1. The van der Waals surface area contributed by atoms with E-state index in [1.165, 1.54) is 11.8 Å². The lowest BCUT2D eigenvalue weighted by Gasteiger charge is -2.07. The summed E-state index contributed by atoms with van der Waals surface area (Å²) in [6.07, 6.45) is 0. The van der Waals surface area contributed by atoms with Crippen LogP contribution in [0.2, 0.25) is 0 Å². The van der Waals surface area contributed by atoms with Gasteiger partial charge in [0.25, 0.3) is 0 Å². The number of aromatic amines is 2. The van der Waals surface area contributed by atoms with Crippen molar-refractivity contribution in [2.75, 3.05) is 5.75 Å². The van der Waals surface area contributed by atoms with Gasteiger partial charge in [0, 0.05) is 17.7 Å². The Hall–Kier alpha value is -3.13. The van der Waals surface area contributed by atoms with E-state index in [0.29, 0.717) is 28.3 Å². The van der Waals surface area contributed by atoms with Crippen LogP contribution in [0.15, 0.2) is 58.5 Å². The van der Waals surface area contributed by atoms with E-state index in [1.807, 2.05) is 41.8 Å². The molecule has 2 N–H and O–H groups in total. The molecule has 4 rings (SSSR count). The van der Waals surface area contributed by atoms with E-state index in [0.717, 1.165) is 11.4 Å². The molecule has 0 spiro atoms. The summed E-state index contributed by atoms with van der Waals surface area (Å²) in [7, 11) is 0. The molecular formula is C19H17N5O2S. The number of H-pyrrole nitrogens is 2. The third-order valence-corrected chi connectivity index (χ3v) is 5.20. The van der Waals surface area contributed by atoms with E-state index in [2.05, 4.69) is 20.2 Å². The Labute approximate surface area is 158 Å². The molecule has 0 saturated carbocycles. The van der Waals surface area contributed by atoms with Gasteiger partial charge in [0.1, 0.15) is 0 Å². The van der Waals surface area contributed by atoms with Crippen molar-refractivity contribution < 1.29 is 4.79 Å². The predicted molar refractivity (Wildman–Crippen MR) is 105 cm³/mol. The average molecular weight is 379 g/mol. The molecule has 27 heavy (non-hydrogen) atoms. The first kappa shape index (κ1) is 17.3. The Morgan fingerprint density at radius 1 is 1.07 bits per heavy atom. The molecular weight excluding hydrogens is 362 g/mol. The maximum atomic E-state index is 12.6. The fourth-order valence-corrected chi connectivity index (χ4v) is 3.80. The van der Waals surface area contributed by atoms with Crippen LogP contribution < -0.4 is 5.69 Å². The molecule has 0 bridgehead atoms. The van der Waals surface area contributed by atoms with E-state index in [1.54, 1.807) is 18.2 Å². The van der Waals surface area contributed by atoms with Crippen LogP contribution in [0.25, 0.3) is 22.4 Å². The topological polar surface area (TPSA) is 96.4 Å². The predicted octanol–water partition coefficient (Wildman–Crippen LogP) is 3.11. The fraction of sp³-hybridized carbons (Fsp3) is 0.158. The molecule has 0 atom stereocenters. The Kier molecular flexibility index (Phi) is 4.64. The lowest BCUT2D eigenvalue weighted by Crippen LogP contribution is -2.05. The van der Waals surface area contributed by atoms with Gasteiger partial charge in [0.15, 0.2) is 16.8 Å². The van der Waals surface area contributed by atoms with Gasteiger partial charge in [-0.3, -0.25) is 4.79 Å². The van der Waals surface area contributed by atoms with Crippen LogP contribution in [-0.2, 0) is 6.54 Å². The lowest BCUT2D eigenvalue weighted by atomic mass is 10.1. The van der Waals surface area contributed by atoms with Gasteiger partial charge >= 0.3 is 5.69 Å². The summed E-state index contributed by atoms with van der Waals surface area (Å²) < 4.78 is 2.00. The van der Waals surface area contributed by atoms with Gasteiger partial charge in [0.05, 0.1) is 16.8 Å². The van der Waals surface area contributed by atoms with Crippen molar-refractivity contribution in [2.45, 2.75) is 18.6 Å². The zero-order valence-corrected chi connectivity index (χ0v) is 15.4. The van der Waals surface area contributed by atoms with Crippen molar-refractivity contribution in [1.29, 1.82) is 0 Å². The van der Waals surface area contributed by atoms with E-state index in [-0.39, 0.29) is 17.2 Å². The number of aromatic nitrogens is 5. The lowest BCUT2D eigenvalue weighted by molar-refractivity contribution is 0.102. The van der Waals surface area contributed by atoms with Gasteiger partial charge < -0.3 is 14.5 Å². The summed E-state index contributed by atoms with van der Waals surface area (Å²) >= 11 is 1.36. The van der Waals surface area contributed by atoms with Gasteiger partial charge in [-0.1, -0.05) is 42.1 Å². The highest BCUT2D eigenvalue weighted by Gasteiger charge is 2.15. The first-order chi connectivity index (χ1) is 13.2. The summed E-state index contributed by atoms with van der Waals surface area (Å²) in [6, 6.07) is 15.0. The zero-order chi connectivity index (χ0) is 18.8. The average Bonchev–Trinajstić information content (AvgIpc) is 3.27. The Morgan fingerprint density at radius 2 is 1.85 bits per heavy atom. The normalized spacial score (nSPS) is 11.1. The first-order valence-corrected chi connectivity index (χ1v) is 9.51. The molecule has 7 nitrogen and oxygen atoms in total. The molecule has 8 heteroatoms. The third kappa shape index (κ3) is 3.43. The number of Topliss-reactive ketones (excluding diaryl/α,β-unsaturated/α-hetero) is 1. The maximum absolute atomic E-state index is 12.6. The highest BCUT2D eigenvalue weighted by Crippen LogP contribution is 2.24. The van der Waals surface area contributed by atoms with Crippen LogP contribution in [-0.4, -0.2) is 36.3 Å². The number of imidazole rings is 1. The minimum absolute atomic E-state index is 0.0316. The van der Waals surface area contributed by atoms with E-state index >= 15 is 0 Å². The monoisotopic (exact) mass is 379 g/mol. The summed E-state index contributed by atoms with van der Waals surface area (Å²) in [5, 5.41) is 9.25. The smallest absolute Gasteiger partial charge is 0.306 e. The highest BCUT2D eigenvalue weighted by molar-refractivity contribution is 7.99. The van der Waals surface area contributed by atoms with Gasteiger partial charge in [-0.25, -0.2) is 4.79 Å². The number of ketones is 1. The van der Waals surface area contributed by atoms with Crippen molar-refractivity contribution in [3.05, 3.63) is 64.6 Å². The Morgan fingerprint density at radius 3 is 2.63 bits per heavy atom. The molecule has 0 fully saturated rings. The molecule has 2 aromatic heterocycles. The maximum Gasteiger partial charge on any atom is 0.323 e. The number of carbonyl (C=O) groups is 1. The number of nitrogens with one attached hydrogen (secondary N) is 2. The van der Waals surface area contributed by atoms with Crippen LogP contribution in [0, 0.1) is 0 Å². The molecule has 2 heterocycles. The van der Waals surface area contributed by atoms with Crippen LogP contribution >= 0.6 is 11.8 Å². The van der Waals surface area contributed by atoms with E-state index in [9.17, 15) is 9.59 Å². The van der Waals surface area contributed by atoms with Crippen molar-refractivity contribution in [2.24, 2.45) is 0 Å². The van der Waals surface area contributed by atoms with E-state index in [4.69, 9.17) is 0 Å². The number of nitrogens with zero attached hydrogens (tertiary/aromatic N) is 3. The first-order valence-electron chi connectivity index (χ1n) is 8.52. The second-order valence-corrected chi connectivity index (χ2v) is 6.91. The second kappa shape index (κ2) is 7.24. The summed E-state index contributed by atoms with van der Waals surface area (Å²) in [6.45, 7) is 2.74. The quantitative estimate of drug-likeness (QED) is 0.396. The summed E-state index contributed by atoms with van der Waals surface area (Å²) in [4.78, 5) is 29.3. The molecule has 0 unspecified atom stereocenters. The van der Waals surface area contributed by atoms with Crippen LogP contribution in [0.5, 0.6) is 0 Å². The largest absolute Gasteiger partial charge is 0.323 e. The Bertz CT molecular complexity index is 1160. The Balaban J connectivity index is 1.53. The van der Waals surface area contributed by atoms with Gasteiger partial charge in [-0.05, 0) is 25.1 Å². The second-order valence-electron chi connectivity index (χ2n) is 5.97. The number of hydrogen-bond acceptors (Lipinski definition) is 5. The molecule has 0 amide bonds. The molecule has 0 radical (unpaired) electrons. The van der Waals surface area contributed by atoms with Gasteiger partial charge in [-0.15, -0.1) is 10.2 Å². The summed E-state index contributed by atoms with van der Waals surface area (Å²) in [5.41, 5.74) is 2.57. The van der Waals surface area contributed by atoms with Crippen molar-refractivity contribution in [1.82, 2.24) is 24.7 Å². The van der Waals surface area contributed by atoms with Crippen molar-refractivity contribution in [3.8, 4) is 11.4 Å². The molecule has 0 aliphatic carbocycles. The number of rotatable bonds is 6. The minimum Gasteiger partial charge on any atom is -0.306 e. The van der Waals surface area contributed by atoms with Crippen molar-refractivity contribution >= 4 is 28.6 Å². The molecule has 4 aromatic rings. The third-order valence-electron chi connectivity index (χ3n) is 4.24. The number of benzene rings is 2. The number of thioether (sulfide) groups is 1. The molecule has 2 aromatic carbocycles. The van der Waals surface area contributed by atoms with Gasteiger partial charge in [0.2, 0.25) is 0 Å². The number of hydrogen-bond donors (Lipinski definition) is 2. The summed E-state index contributed by atoms with van der Waals surface area (Å²) in [5.74, 6) is 1.00. The molecule has 0 saturated heterocycles. The van der Waals surface area contributed by atoms with Gasteiger partial charge in [-0.2, -0.15) is 0 Å². The highest BCUT2D eigenvalue weighted by atomic mass is 32.2. The number of carbonyl (C=O) groups excluding carboxylic acids is 1. The van der Waals surface area contributed by atoms with Crippen LogP contribution in [0.4, 0.5) is 0 Å². The fourth-order valence-electron chi connectivity index (χ4n) is 2.90. The van der Waals surface area contributed by atoms with Crippen LogP contribution in [0.1, 0.15) is 17.3 Å². The van der Waals surface area contributed by atoms with Crippen molar-refractivity contribution in [3.63, 3.8) is 0 Å². The molecule has 0 aliphatic rings. The standard InChI is InChI=1S/C19H17N5O2S/c1-2-24-17(12-6-4-3-5-7-12)22-23-19(24)27-11-16(25)13-8-9-14-15(10-13)21-18(26)20-14/h3-10H,2,11H2,1H3,(H2,20,21,26). The van der Waals surface area contributed by atoms with Crippen LogP contribution in [0.3, 0.4) is 0 Å². The zero-order valence-electron chi connectivity index (χ0n) is 14.6.